The van der Waals surface area contributed by atoms with E-state index in [1.54, 1.807) is 0 Å². The molecule has 0 saturated carbocycles. The van der Waals surface area contributed by atoms with E-state index in [2.05, 4.69) is 24.1 Å². The highest BCUT2D eigenvalue weighted by Gasteiger charge is 2.39. The van der Waals surface area contributed by atoms with Gasteiger partial charge in [-0.05, 0) is 26.2 Å². The molecule has 2 fully saturated rings. The predicted molar refractivity (Wildman–Crippen MR) is 57.3 cm³/mol. The molecule has 0 aromatic rings. The first kappa shape index (κ1) is 10.4. The minimum absolute atomic E-state index is 0.162. The van der Waals surface area contributed by atoms with Crippen LogP contribution < -0.4 is 5.32 Å². The predicted octanol–water partition coefficient (Wildman–Crippen LogP) is 0.582. The van der Waals surface area contributed by atoms with Crippen molar-refractivity contribution in [3.63, 3.8) is 0 Å². The highest BCUT2D eigenvalue weighted by Crippen LogP contribution is 2.30. The largest absolute Gasteiger partial charge is 0.390 e. The van der Waals surface area contributed by atoms with Crippen molar-refractivity contribution < 1.29 is 5.11 Å². The molecule has 0 aliphatic carbocycles. The van der Waals surface area contributed by atoms with Crippen molar-refractivity contribution in [1.82, 2.24) is 10.2 Å². The van der Waals surface area contributed by atoms with Gasteiger partial charge in [-0.25, -0.2) is 0 Å². The molecule has 0 spiro atoms. The molecule has 14 heavy (non-hydrogen) atoms. The molecule has 2 N–H and O–H groups in total. The van der Waals surface area contributed by atoms with Crippen LogP contribution in [0.25, 0.3) is 0 Å². The number of aliphatic hydroxyl groups excluding tert-OH is 1. The Balaban J connectivity index is 2.06. The maximum absolute atomic E-state index is 9.88. The average Bonchev–Trinajstić information content (AvgIpc) is 2.72. The molecule has 2 aliphatic rings. The Morgan fingerprint density at radius 3 is 2.71 bits per heavy atom. The van der Waals surface area contributed by atoms with Crippen LogP contribution in [0, 0.1) is 0 Å². The van der Waals surface area contributed by atoms with Crippen LogP contribution in [0.2, 0.25) is 0 Å². The van der Waals surface area contributed by atoms with Gasteiger partial charge in [-0.3, -0.25) is 4.90 Å². The van der Waals surface area contributed by atoms with Crippen molar-refractivity contribution in [3.8, 4) is 0 Å². The van der Waals surface area contributed by atoms with Crippen molar-refractivity contribution in [2.24, 2.45) is 0 Å². The monoisotopic (exact) mass is 198 g/mol. The molecule has 0 amide bonds. The van der Waals surface area contributed by atoms with Crippen molar-refractivity contribution in [2.45, 2.75) is 57.3 Å². The summed E-state index contributed by atoms with van der Waals surface area (Å²) in [5.74, 6) is 0. The number of hydrogen-bond acceptors (Lipinski definition) is 3. The zero-order valence-corrected chi connectivity index (χ0v) is 9.24. The van der Waals surface area contributed by atoms with Gasteiger partial charge >= 0.3 is 0 Å². The maximum atomic E-state index is 9.88. The minimum atomic E-state index is -0.162. The first-order chi connectivity index (χ1) is 6.74. The Labute approximate surface area is 86.5 Å². The lowest BCUT2D eigenvalue weighted by Gasteiger charge is -2.35. The van der Waals surface area contributed by atoms with Gasteiger partial charge in [-0.1, -0.05) is 6.92 Å². The van der Waals surface area contributed by atoms with Gasteiger partial charge in [0, 0.05) is 31.2 Å². The van der Waals surface area contributed by atoms with E-state index in [-0.39, 0.29) is 6.10 Å². The summed E-state index contributed by atoms with van der Waals surface area (Å²) < 4.78 is 0. The van der Waals surface area contributed by atoms with Crippen LogP contribution in [0.4, 0.5) is 0 Å². The highest BCUT2D eigenvalue weighted by molar-refractivity contribution is 4.96. The van der Waals surface area contributed by atoms with E-state index in [4.69, 9.17) is 0 Å². The van der Waals surface area contributed by atoms with Crippen molar-refractivity contribution in [1.29, 1.82) is 0 Å². The average molecular weight is 198 g/mol. The normalized spacial score (nSPS) is 44.8. The molecule has 2 saturated heterocycles. The first-order valence-electron chi connectivity index (χ1n) is 5.90. The van der Waals surface area contributed by atoms with Gasteiger partial charge in [0.1, 0.15) is 0 Å². The Morgan fingerprint density at radius 2 is 2.14 bits per heavy atom. The lowest BCUT2D eigenvalue weighted by Crippen LogP contribution is -2.48. The molecule has 0 bridgehead atoms. The zero-order chi connectivity index (χ0) is 10.1. The van der Waals surface area contributed by atoms with Gasteiger partial charge in [0.15, 0.2) is 0 Å². The van der Waals surface area contributed by atoms with Crippen LogP contribution in [-0.2, 0) is 0 Å². The molecular formula is C11H22N2O. The summed E-state index contributed by atoms with van der Waals surface area (Å²) in [6, 6.07) is 1.71. The number of β-amino-alcohol motifs (C(OH)–C–C–N with tert-alkyl or cyclic N) is 1. The van der Waals surface area contributed by atoms with E-state index in [0.29, 0.717) is 18.1 Å². The number of rotatable bonds is 2. The standard InChI is InChI=1S/C11H22N2O/c1-3-9-5-4-8(2)13(9)10-6-12-7-11(10)14/h8-12,14H,3-7H2,1-2H3. The third-order valence-electron chi connectivity index (χ3n) is 3.85. The van der Waals surface area contributed by atoms with E-state index in [1.807, 2.05) is 0 Å². The topological polar surface area (TPSA) is 35.5 Å². The fourth-order valence-electron chi connectivity index (χ4n) is 3.06. The molecule has 3 heteroatoms. The van der Waals surface area contributed by atoms with Crippen molar-refractivity contribution >= 4 is 0 Å². The summed E-state index contributed by atoms with van der Waals surface area (Å²) in [7, 11) is 0. The van der Waals surface area contributed by atoms with Crippen molar-refractivity contribution in [2.75, 3.05) is 13.1 Å². The number of nitrogens with zero attached hydrogens (tertiary/aromatic N) is 1. The Hall–Kier alpha value is -0.120. The van der Waals surface area contributed by atoms with Crippen LogP contribution in [0.1, 0.15) is 33.1 Å². The first-order valence-corrected chi connectivity index (χ1v) is 5.90. The number of nitrogens with one attached hydrogen (secondary N) is 1. The van der Waals surface area contributed by atoms with E-state index in [1.165, 1.54) is 19.3 Å². The maximum Gasteiger partial charge on any atom is 0.0832 e. The van der Waals surface area contributed by atoms with Gasteiger partial charge < -0.3 is 10.4 Å². The van der Waals surface area contributed by atoms with E-state index in [0.717, 1.165) is 13.1 Å². The molecule has 2 rings (SSSR count). The van der Waals surface area contributed by atoms with Crippen LogP contribution in [0.15, 0.2) is 0 Å². The molecule has 2 heterocycles. The summed E-state index contributed by atoms with van der Waals surface area (Å²) in [4.78, 5) is 2.55. The summed E-state index contributed by atoms with van der Waals surface area (Å²) in [6.45, 7) is 6.28. The lowest BCUT2D eigenvalue weighted by atomic mass is 10.1. The molecular weight excluding hydrogens is 176 g/mol. The van der Waals surface area contributed by atoms with Gasteiger partial charge in [-0.15, -0.1) is 0 Å². The molecule has 2 aliphatic heterocycles. The third-order valence-corrected chi connectivity index (χ3v) is 3.85. The summed E-state index contributed by atoms with van der Waals surface area (Å²) >= 11 is 0. The van der Waals surface area contributed by atoms with E-state index in [9.17, 15) is 5.11 Å². The summed E-state index contributed by atoms with van der Waals surface area (Å²) in [6.07, 6.45) is 3.65. The van der Waals surface area contributed by atoms with Gasteiger partial charge in [0.05, 0.1) is 6.10 Å². The minimum Gasteiger partial charge on any atom is -0.390 e. The smallest absolute Gasteiger partial charge is 0.0832 e. The van der Waals surface area contributed by atoms with E-state index < -0.39 is 0 Å². The second kappa shape index (κ2) is 4.17. The summed E-state index contributed by atoms with van der Waals surface area (Å²) in [5, 5.41) is 13.1. The Kier molecular flexibility index (Phi) is 3.10. The van der Waals surface area contributed by atoms with Crippen LogP contribution in [0.5, 0.6) is 0 Å². The molecule has 0 aromatic heterocycles. The molecule has 4 unspecified atom stereocenters. The quantitative estimate of drug-likeness (QED) is 0.681. The number of likely N-dealkylation sites (tertiary alicyclic amines) is 1. The Bertz CT molecular complexity index is 198. The molecule has 0 radical (unpaired) electrons. The van der Waals surface area contributed by atoms with Crippen LogP contribution in [0.3, 0.4) is 0 Å². The van der Waals surface area contributed by atoms with Gasteiger partial charge in [0.2, 0.25) is 0 Å². The fraction of sp³-hybridized carbons (Fsp3) is 1.00. The van der Waals surface area contributed by atoms with Gasteiger partial charge in [-0.2, -0.15) is 0 Å². The number of aliphatic hydroxyl groups is 1. The zero-order valence-electron chi connectivity index (χ0n) is 9.24. The Morgan fingerprint density at radius 1 is 1.36 bits per heavy atom. The third kappa shape index (κ3) is 1.69. The molecule has 3 nitrogen and oxygen atoms in total. The van der Waals surface area contributed by atoms with Gasteiger partial charge in [0.25, 0.3) is 0 Å². The van der Waals surface area contributed by atoms with E-state index >= 15 is 0 Å². The molecule has 0 aromatic carbocycles. The second-order valence-electron chi connectivity index (χ2n) is 4.73. The fourth-order valence-corrected chi connectivity index (χ4v) is 3.06. The van der Waals surface area contributed by atoms with Crippen LogP contribution >= 0.6 is 0 Å². The molecule has 4 atom stereocenters. The summed E-state index contributed by atoms with van der Waals surface area (Å²) in [5.41, 5.74) is 0. The van der Waals surface area contributed by atoms with Crippen molar-refractivity contribution in [3.05, 3.63) is 0 Å². The SMILES string of the molecule is CCC1CCC(C)N1C1CNCC1O. The second-order valence-corrected chi connectivity index (χ2v) is 4.73. The highest BCUT2D eigenvalue weighted by atomic mass is 16.3. The number of hydrogen-bond donors (Lipinski definition) is 2. The lowest BCUT2D eigenvalue weighted by molar-refractivity contribution is 0.0528. The van der Waals surface area contributed by atoms with Crippen LogP contribution in [-0.4, -0.2) is 47.3 Å². The molecule has 82 valence electrons.